The summed E-state index contributed by atoms with van der Waals surface area (Å²) in [4.78, 5) is 2.60. The summed E-state index contributed by atoms with van der Waals surface area (Å²) in [6.07, 6.45) is 3.77. The Morgan fingerprint density at radius 1 is 1.25 bits per heavy atom. The molecule has 1 aliphatic heterocycles. The van der Waals surface area contributed by atoms with Gasteiger partial charge in [0.2, 0.25) is 0 Å². The van der Waals surface area contributed by atoms with Crippen molar-refractivity contribution < 1.29 is 8.42 Å². The van der Waals surface area contributed by atoms with Crippen molar-refractivity contribution in [1.29, 1.82) is 0 Å². The van der Waals surface area contributed by atoms with Crippen LogP contribution in [-0.4, -0.2) is 40.3 Å². The summed E-state index contributed by atoms with van der Waals surface area (Å²) in [5, 5.41) is 3.53. The lowest BCUT2D eigenvalue weighted by Crippen LogP contribution is -2.42. The molecule has 2 rings (SSSR count). The molecule has 0 spiro atoms. The SMILES string of the molecule is CCS(=O)(=O)c1ccc(N(C)CC2CCCCN2)cc1. The van der Waals surface area contributed by atoms with E-state index >= 15 is 0 Å². The average Bonchev–Trinajstić information content (AvgIpc) is 2.48. The highest BCUT2D eigenvalue weighted by Gasteiger charge is 2.16. The second-order valence-electron chi connectivity index (χ2n) is 5.42. The van der Waals surface area contributed by atoms with Crippen molar-refractivity contribution in [3.63, 3.8) is 0 Å². The zero-order chi connectivity index (χ0) is 14.6. The zero-order valence-corrected chi connectivity index (χ0v) is 13.1. The molecule has 1 atom stereocenters. The van der Waals surface area contributed by atoms with Gasteiger partial charge in [0.25, 0.3) is 0 Å². The highest BCUT2D eigenvalue weighted by atomic mass is 32.2. The Kier molecular flexibility index (Phi) is 5.05. The van der Waals surface area contributed by atoms with Gasteiger partial charge in [-0.1, -0.05) is 13.3 Å². The van der Waals surface area contributed by atoms with Crippen LogP contribution < -0.4 is 10.2 Å². The molecule has 0 amide bonds. The molecular weight excluding hydrogens is 272 g/mol. The van der Waals surface area contributed by atoms with Crippen molar-refractivity contribution >= 4 is 15.5 Å². The number of piperidine rings is 1. The molecule has 5 heteroatoms. The normalized spacial score (nSPS) is 19.8. The minimum absolute atomic E-state index is 0.147. The molecule has 1 aliphatic rings. The van der Waals surface area contributed by atoms with Gasteiger partial charge in [-0.05, 0) is 43.7 Å². The third-order valence-corrected chi connectivity index (χ3v) is 5.67. The van der Waals surface area contributed by atoms with E-state index in [1.54, 1.807) is 19.1 Å². The van der Waals surface area contributed by atoms with Crippen LogP contribution in [0.15, 0.2) is 29.2 Å². The number of nitrogens with zero attached hydrogens (tertiary/aromatic N) is 1. The summed E-state index contributed by atoms with van der Waals surface area (Å²) in [7, 11) is -1.04. The molecule has 1 heterocycles. The summed E-state index contributed by atoms with van der Waals surface area (Å²) in [5.41, 5.74) is 1.06. The van der Waals surface area contributed by atoms with Gasteiger partial charge in [0.1, 0.15) is 0 Å². The number of hydrogen-bond acceptors (Lipinski definition) is 4. The summed E-state index contributed by atoms with van der Waals surface area (Å²) >= 11 is 0. The fourth-order valence-electron chi connectivity index (χ4n) is 2.59. The van der Waals surface area contributed by atoms with Crippen LogP contribution in [0.5, 0.6) is 0 Å². The van der Waals surface area contributed by atoms with Gasteiger partial charge in [-0.2, -0.15) is 0 Å². The van der Waals surface area contributed by atoms with Crippen molar-refractivity contribution in [1.82, 2.24) is 5.32 Å². The third-order valence-electron chi connectivity index (χ3n) is 3.92. The molecule has 20 heavy (non-hydrogen) atoms. The first-order chi connectivity index (χ1) is 9.53. The maximum Gasteiger partial charge on any atom is 0.178 e. The number of likely N-dealkylation sites (N-methyl/N-ethyl adjacent to an activating group) is 1. The lowest BCUT2D eigenvalue weighted by Gasteiger charge is -2.29. The molecule has 0 saturated carbocycles. The predicted molar refractivity (Wildman–Crippen MR) is 83.1 cm³/mol. The van der Waals surface area contributed by atoms with E-state index in [0.29, 0.717) is 10.9 Å². The molecule has 0 aromatic heterocycles. The number of benzene rings is 1. The molecule has 0 aliphatic carbocycles. The maximum absolute atomic E-state index is 11.8. The van der Waals surface area contributed by atoms with Gasteiger partial charge in [-0.15, -0.1) is 0 Å². The Labute approximate surface area is 122 Å². The van der Waals surface area contributed by atoms with E-state index in [4.69, 9.17) is 0 Å². The van der Waals surface area contributed by atoms with E-state index in [9.17, 15) is 8.42 Å². The number of anilines is 1. The maximum atomic E-state index is 11.8. The van der Waals surface area contributed by atoms with Crippen molar-refractivity contribution in [2.75, 3.05) is 30.8 Å². The largest absolute Gasteiger partial charge is 0.373 e. The monoisotopic (exact) mass is 296 g/mol. The van der Waals surface area contributed by atoms with Crippen molar-refractivity contribution in [2.24, 2.45) is 0 Å². The first kappa shape index (κ1) is 15.3. The Morgan fingerprint density at radius 3 is 2.50 bits per heavy atom. The number of hydrogen-bond donors (Lipinski definition) is 1. The summed E-state index contributed by atoms with van der Waals surface area (Å²) in [6, 6.07) is 7.74. The molecule has 0 bridgehead atoms. The molecule has 1 saturated heterocycles. The topological polar surface area (TPSA) is 49.4 Å². The second kappa shape index (κ2) is 6.59. The number of rotatable bonds is 5. The fraction of sp³-hybridized carbons (Fsp3) is 0.600. The van der Waals surface area contributed by atoms with E-state index in [-0.39, 0.29) is 5.75 Å². The second-order valence-corrected chi connectivity index (χ2v) is 7.70. The molecule has 1 aromatic carbocycles. The van der Waals surface area contributed by atoms with Gasteiger partial charge < -0.3 is 10.2 Å². The van der Waals surface area contributed by atoms with Crippen LogP contribution in [0.25, 0.3) is 0 Å². The summed E-state index contributed by atoms with van der Waals surface area (Å²) in [5.74, 6) is 0.147. The predicted octanol–water partition coefficient (Wildman–Crippen LogP) is 2.06. The highest BCUT2D eigenvalue weighted by Crippen LogP contribution is 2.19. The van der Waals surface area contributed by atoms with Gasteiger partial charge in [0.15, 0.2) is 9.84 Å². The molecule has 112 valence electrons. The minimum Gasteiger partial charge on any atom is -0.373 e. The Morgan fingerprint density at radius 2 is 1.95 bits per heavy atom. The fourth-order valence-corrected chi connectivity index (χ4v) is 3.47. The van der Waals surface area contributed by atoms with Crippen molar-refractivity contribution in [3.05, 3.63) is 24.3 Å². The van der Waals surface area contributed by atoms with E-state index in [0.717, 1.165) is 18.8 Å². The Balaban J connectivity index is 2.02. The number of nitrogens with one attached hydrogen (secondary N) is 1. The molecular formula is C15H24N2O2S. The Bertz CT molecular complexity index is 519. The van der Waals surface area contributed by atoms with Gasteiger partial charge in [0.05, 0.1) is 10.6 Å². The quantitative estimate of drug-likeness (QED) is 0.903. The molecule has 1 N–H and O–H groups in total. The summed E-state index contributed by atoms with van der Waals surface area (Å²) < 4.78 is 23.6. The van der Waals surface area contributed by atoms with E-state index in [2.05, 4.69) is 17.3 Å². The van der Waals surface area contributed by atoms with Crippen LogP contribution in [0, 0.1) is 0 Å². The van der Waals surface area contributed by atoms with Crippen LogP contribution in [0.3, 0.4) is 0 Å². The van der Waals surface area contributed by atoms with Crippen LogP contribution in [0.2, 0.25) is 0 Å². The first-order valence-corrected chi connectivity index (χ1v) is 8.95. The molecule has 0 radical (unpaired) electrons. The molecule has 1 fully saturated rings. The lowest BCUT2D eigenvalue weighted by molar-refractivity contribution is 0.403. The number of sulfone groups is 1. The highest BCUT2D eigenvalue weighted by molar-refractivity contribution is 7.91. The van der Waals surface area contributed by atoms with Gasteiger partial charge in [0, 0.05) is 25.3 Å². The van der Waals surface area contributed by atoms with Gasteiger partial charge >= 0.3 is 0 Å². The zero-order valence-electron chi connectivity index (χ0n) is 12.3. The average molecular weight is 296 g/mol. The smallest absolute Gasteiger partial charge is 0.178 e. The minimum atomic E-state index is -3.10. The molecule has 1 unspecified atom stereocenters. The van der Waals surface area contributed by atoms with Gasteiger partial charge in [-0.25, -0.2) is 8.42 Å². The van der Waals surface area contributed by atoms with Crippen LogP contribution in [0.4, 0.5) is 5.69 Å². The van der Waals surface area contributed by atoms with E-state index in [1.807, 2.05) is 12.1 Å². The summed E-state index contributed by atoms with van der Waals surface area (Å²) in [6.45, 7) is 3.73. The lowest BCUT2D eigenvalue weighted by atomic mass is 10.0. The third kappa shape index (κ3) is 3.73. The van der Waals surface area contributed by atoms with Crippen LogP contribution in [0.1, 0.15) is 26.2 Å². The first-order valence-electron chi connectivity index (χ1n) is 7.30. The van der Waals surface area contributed by atoms with Crippen molar-refractivity contribution in [2.45, 2.75) is 37.1 Å². The van der Waals surface area contributed by atoms with Gasteiger partial charge in [-0.3, -0.25) is 0 Å². The van der Waals surface area contributed by atoms with Crippen LogP contribution >= 0.6 is 0 Å². The van der Waals surface area contributed by atoms with Crippen LogP contribution in [-0.2, 0) is 9.84 Å². The van der Waals surface area contributed by atoms with E-state index in [1.165, 1.54) is 19.3 Å². The molecule has 4 nitrogen and oxygen atoms in total. The Hall–Kier alpha value is -1.07. The standard InChI is InChI=1S/C15H24N2O2S/c1-3-20(18,19)15-9-7-14(8-10-15)17(2)12-13-6-4-5-11-16-13/h7-10,13,16H,3-6,11-12H2,1-2H3. The molecule has 1 aromatic rings. The van der Waals surface area contributed by atoms with Crippen molar-refractivity contribution in [3.8, 4) is 0 Å². The van der Waals surface area contributed by atoms with E-state index < -0.39 is 9.84 Å².